The van der Waals surface area contributed by atoms with E-state index in [-0.39, 0.29) is 0 Å². The van der Waals surface area contributed by atoms with Crippen molar-refractivity contribution in [3.63, 3.8) is 0 Å². The lowest BCUT2D eigenvalue weighted by atomic mass is 10.00. The van der Waals surface area contributed by atoms with E-state index in [1.54, 1.807) is 11.3 Å². The standard InChI is InChI=1S/C17H15ClN2S/c1-11(2)14-6-7-19-9-15(14)17-20-16(10-21-17)12-4-3-5-13(18)8-12/h3-11H,1-2H3. The highest BCUT2D eigenvalue weighted by molar-refractivity contribution is 7.13. The molecule has 3 aromatic rings. The van der Waals surface area contributed by atoms with E-state index < -0.39 is 0 Å². The van der Waals surface area contributed by atoms with Crippen LogP contribution in [0.3, 0.4) is 0 Å². The summed E-state index contributed by atoms with van der Waals surface area (Å²) in [5.41, 5.74) is 4.39. The van der Waals surface area contributed by atoms with Crippen LogP contribution in [0.25, 0.3) is 21.8 Å². The number of pyridine rings is 1. The molecule has 0 aliphatic carbocycles. The summed E-state index contributed by atoms with van der Waals surface area (Å²) < 4.78 is 0. The minimum atomic E-state index is 0.446. The average molecular weight is 315 g/mol. The first-order valence-corrected chi connectivity index (χ1v) is 8.06. The number of benzene rings is 1. The van der Waals surface area contributed by atoms with Gasteiger partial charge in [-0.3, -0.25) is 4.98 Å². The fraction of sp³-hybridized carbons (Fsp3) is 0.176. The molecule has 2 nitrogen and oxygen atoms in total. The van der Waals surface area contributed by atoms with Crippen LogP contribution in [0.15, 0.2) is 48.1 Å². The van der Waals surface area contributed by atoms with Crippen molar-refractivity contribution in [3.8, 4) is 21.8 Å². The van der Waals surface area contributed by atoms with Gasteiger partial charge in [-0.1, -0.05) is 37.6 Å². The highest BCUT2D eigenvalue weighted by Crippen LogP contribution is 2.33. The molecule has 2 heterocycles. The Labute approximate surface area is 133 Å². The van der Waals surface area contributed by atoms with E-state index in [1.807, 2.05) is 36.7 Å². The molecule has 106 valence electrons. The molecular formula is C17H15ClN2S. The predicted octanol–water partition coefficient (Wildman–Crippen LogP) is 5.65. The molecule has 1 aromatic carbocycles. The number of rotatable bonds is 3. The molecule has 0 unspecified atom stereocenters. The van der Waals surface area contributed by atoms with Crippen molar-refractivity contribution in [1.29, 1.82) is 0 Å². The lowest BCUT2D eigenvalue weighted by Gasteiger charge is -2.09. The largest absolute Gasteiger partial charge is 0.264 e. The number of halogens is 1. The van der Waals surface area contributed by atoms with E-state index in [1.165, 1.54) is 5.56 Å². The van der Waals surface area contributed by atoms with Gasteiger partial charge < -0.3 is 0 Å². The van der Waals surface area contributed by atoms with Crippen LogP contribution in [0.1, 0.15) is 25.3 Å². The molecule has 2 aromatic heterocycles. The van der Waals surface area contributed by atoms with Crippen molar-refractivity contribution in [2.45, 2.75) is 19.8 Å². The van der Waals surface area contributed by atoms with Crippen molar-refractivity contribution in [3.05, 3.63) is 58.7 Å². The summed E-state index contributed by atoms with van der Waals surface area (Å²) in [6.07, 6.45) is 3.74. The molecule has 0 fully saturated rings. The summed E-state index contributed by atoms with van der Waals surface area (Å²) in [5.74, 6) is 0.446. The highest BCUT2D eigenvalue weighted by atomic mass is 35.5. The Balaban J connectivity index is 2.03. The molecule has 4 heteroatoms. The first-order chi connectivity index (χ1) is 10.1. The summed E-state index contributed by atoms with van der Waals surface area (Å²) in [4.78, 5) is 9.00. The van der Waals surface area contributed by atoms with Gasteiger partial charge in [-0.2, -0.15) is 0 Å². The van der Waals surface area contributed by atoms with E-state index in [2.05, 4.69) is 30.3 Å². The Morgan fingerprint density at radius 3 is 2.81 bits per heavy atom. The molecule has 0 atom stereocenters. The molecule has 0 bridgehead atoms. The second-order valence-corrected chi connectivity index (χ2v) is 6.46. The molecule has 3 rings (SSSR count). The Morgan fingerprint density at radius 2 is 2.05 bits per heavy atom. The average Bonchev–Trinajstić information content (AvgIpc) is 2.97. The zero-order valence-electron chi connectivity index (χ0n) is 11.9. The van der Waals surface area contributed by atoms with Crippen molar-refractivity contribution in [2.75, 3.05) is 0 Å². The van der Waals surface area contributed by atoms with Gasteiger partial charge in [-0.05, 0) is 29.7 Å². The SMILES string of the molecule is CC(C)c1ccncc1-c1nc(-c2cccc(Cl)c2)cs1. The summed E-state index contributed by atoms with van der Waals surface area (Å²) in [6.45, 7) is 4.37. The lowest BCUT2D eigenvalue weighted by Crippen LogP contribution is -1.93. The van der Waals surface area contributed by atoms with Crippen molar-refractivity contribution in [2.24, 2.45) is 0 Å². The number of aromatic nitrogens is 2. The number of thiazole rings is 1. The van der Waals surface area contributed by atoms with Crippen LogP contribution in [0.2, 0.25) is 5.02 Å². The maximum absolute atomic E-state index is 6.05. The molecule has 0 aliphatic rings. The topological polar surface area (TPSA) is 25.8 Å². The molecule has 0 saturated heterocycles. The predicted molar refractivity (Wildman–Crippen MR) is 89.9 cm³/mol. The van der Waals surface area contributed by atoms with Gasteiger partial charge in [0.25, 0.3) is 0 Å². The van der Waals surface area contributed by atoms with Crippen LogP contribution in [-0.2, 0) is 0 Å². The third-order valence-electron chi connectivity index (χ3n) is 3.33. The number of hydrogen-bond acceptors (Lipinski definition) is 3. The first kappa shape index (κ1) is 14.2. The Morgan fingerprint density at radius 1 is 1.19 bits per heavy atom. The van der Waals surface area contributed by atoms with Crippen LogP contribution in [0, 0.1) is 0 Å². The molecule has 21 heavy (non-hydrogen) atoms. The summed E-state index contributed by atoms with van der Waals surface area (Å²) in [7, 11) is 0. The minimum absolute atomic E-state index is 0.446. The molecule has 0 saturated carbocycles. The van der Waals surface area contributed by atoms with Gasteiger partial charge in [0, 0.05) is 33.9 Å². The molecule has 0 N–H and O–H groups in total. The second kappa shape index (κ2) is 5.96. The quantitative estimate of drug-likeness (QED) is 0.624. The smallest absolute Gasteiger partial charge is 0.125 e. The minimum Gasteiger partial charge on any atom is -0.264 e. The van der Waals surface area contributed by atoms with Gasteiger partial charge in [0.15, 0.2) is 0 Å². The van der Waals surface area contributed by atoms with Gasteiger partial charge in [0.1, 0.15) is 5.01 Å². The van der Waals surface area contributed by atoms with E-state index >= 15 is 0 Å². The van der Waals surface area contributed by atoms with Crippen LogP contribution in [-0.4, -0.2) is 9.97 Å². The highest BCUT2D eigenvalue weighted by Gasteiger charge is 2.13. The maximum atomic E-state index is 6.05. The van der Waals surface area contributed by atoms with Gasteiger partial charge >= 0.3 is 0 Å². The fourth-order valence-corrected chi connectivity index (χ4v) is 3.32. The van der Waals surface area contributed by atoms with Crippen LogP contribution >= 0.6 is 22.9 Å². The third kappa shape index (κ3) is 2.99. The van der Waals surface area contributed by atoms with Gasteiger partial charge in [-0.25, -0.2) is 4.98 Å². The van der Waals surface area contributed by atoms with Gasteiger partial charge in [0.2, 0.25) is 0 Å². The van der Waals surface area contributed by atoms with Crippen molar-refractivity contribution in [1.82, 2.24) is 9.97 Å². The van der Waals surface area contributed by atoms with E-state index in [4.69, 9.17) is 16.6 Å². The monoisotopic (exact) mass is 314 g/mol. The fourth-order valence-electron chi connectivity index (χ4n) is 2.27. The first-order valence-electron chi connectivity index (χ1n) is 6.81. The zero-order chi connectivity index (χ0) is 14.8. The Bertz CT molecular complexity index is 765. The second-order valence-electron chi connectivity index (χ2n) is 5.17. The number of hydrogen-bond donors (Lipinski definition) is 0. The van der Waals surface area contributed by atoms with E-state index in [9.17, 15) is 0 Å². The maximum Gasteiger partial charge on any atom is 0.125 e. The molecule has 0 spiro atoms. The van der Waals surface area contributed by atoms with Crippen LogP contribution in [0.5, 0.6) is 0 Å². The van der Waals surface area contributed by atoms with Gasteiger partial charge in [-0.15, -0.1) is 11.3 Å². The zero-order valence-corrected chi connectivity index (χ0v) is 13.4. The Kier molecular flexibility index (Phi) is 4.04. The molecule has 0 radical (unpaired) electrons. The number of nitrogens with zero attached hydrogens (tertiary/aromatic N) is 2. The molecular weight excluding hydrogens is 300 g/mol. The van der Waals surface area contributed by atoms with Crippen LogP contribution < -0.4 is 0 Å². The summed E-state index contributed by atoms with van der Waals surface area (Å²) >= 11 is 7.69. The van der Waals surface area contributed by atoms with Crippen molar-refractivity contribution >= 4 is 22.9 Å². The van der Waals surface area contributed by atoms with Crippen molar-refractivity contribution < 1.29 is 0 Å². The lowest BCUT2D eigenvalue weighted by molar-refractivity contribution is 0.865. The summed E-state index contributed by atoms with van der Waals surface area (Å²) in [6, 6.07) is 9.85. The van der Waals surface area contributed by atoms with E-state index in [0.29, 0.717) is 5.92 Å². The Hall–Kier alpha value is -1.71. The van der Waals surface area contributed by atoms with Gasteiger partial charge in [0.05, 0.1) is 5.69 Å². The summed E-state index contributed by atoms with van der Waals surface area (Å²) in [5, 5.41) is 3.80. The molecule has 0 amide bonds. The van der Waals surface area contributed by atoms with Crippen LogP contribution in [0.4, 0.5) is 0 Å². The molecule has 0 aliphatic heterocycles. The third-order valence-corrected chi connectivity index (χ3v) is 4.44. The van der Waals surface area contributed by atoms with E-state index in [0.717, 1.165) is 26.9 Å². The normalized spacial score (nSPS) is 11.0.